The summed E-state index contributed by atoms with van der Waals surface area (Å²) >= 11 is 1.13. The Morgan fingerprint density at radius 3 is 2.41 bits per heavy atom. The molecule has 0 unspecified atom stereocenters. The minimum atomic E-state index is -4.91. The molecule has 0 saturated heterocycles. The number of benzene rings is 2. The standard InChI is InChI=1S/C28H23F6N3O6S/c1-15(27(29,30)31)35-13-37(36-11-10-20(38)24(23(36)25(35)39)42-14-43-26(40)41-2)22-16-7-5-8-19(28(32,33)34)18(16)12-44-21-9-4-3-6-17(21)22/h3-11,15,22H,12-14H2,1-2H3/t15-,22+/m1/s1. The molecule has 234 valence electrons. The predicted molar refractivity (Wildman–Crippen MR) is 144 cm³/mol. The molecule has 16 heteroatoms. The number of hydrogen-bond acceptors (Lipinski definition) is 8. The first-order valence-corrected chi connectivity index (χ1v) is 13.9. The zero-order valence-corrected chi connectivity index (χ0v) is 23.8. The van der Waals surface area contributed by atoms with Gasteiger partial charge in [0.2, 0.25) is 18.0 Å². The number of methoxy groups -OCH3 is 1. The first-order valence-electron chi connectivity index (χ1n) is 12.9. The highest BCUT2D eigenvalue weighted by molar-refractivity contribution is 7.98. The third-order valence-electron chi connectivity index (χ3n) is 7.26. The fraction of sp³-hybridized carbons (Fsp3) is 0.321. The van der Waals surface area contributed by atoms with Gasteiger partial charge in [0.15, 0.2) is 5.69 Å². The average Bonchev–Trinajstić information content (AvgIpc) is 3.14. The molecule has 44 heavy (non-hydrogen) atoms. The van der Waals surface area contributed by atoms with Crippen LogP contribution in [0.3, 0.4) is 0 Å². The van der Waals surface area contributed by atoms with E-state index in [1.54, 1.807) is 24.3 Å². The number of fused-ring (bicyclic) bond motifs is 3. The summed E-state index contributed by atoms with van der Waals surface area (Å²) in [5.41, 5.74) is -1.94. The minimum absolute atomic E-state index is 0.0796. The van der Waals surface area contributed by atoms with Crippen molar-refractivity contribution >= 4 is 23.8 Å². The van der Waals surface area contributed by atoms with Crippen LogP contribution in [0.25, 0.3) is 0 Å². The molecule has 0 saturated carbocycles. The highest BCUT2D eigenvalue weighted by Gasteiger charge is 2.48. The zero-order chi connectivity index (χ0) is 32.0. The van der Waals surface area contributed by atoms with Crippen LogP contribution in [0.1, 0.15) is 45.7 Å². The normalized spacial score (nSPS) is 17.2. The monoisotopic (exact) mass is 643 g/mol. The number of halogens is 6. The molecule has 5 rings (SSSR count). The van der Waals surface area contributed by atoms with E-state index in [0.29, 0.717) is 15.4 Å². The number of carbonyl (C=O) groups is 2. The molecular formula is C28H23F6N3O6S. The van der Waals surface area contributed by atoms with Gasteiger partial charge in [0.05, 0.1) is 18.7 Å². The van der Waals surface area contributed by atoms with Crippen LogP contribution in [-0.4, -0.2) is 54.4 Å². The van der Waals surface area contributed by atoms with Gasteiger partial charge in [0.25, 0.3) is 5.91 Å². The number of amides is 1. The lowest BCUT2D eigenvalue weighted by molar-refractivity contribution is -0.173. The summed E-state index contributed by atoms with van der Waals surface area (Å²) in [6, 6.07) is 7.68. The summed E-state index contributed by atoms with van der Waals surface area (Å²) in [4.78, 5) is 39.0. The van der Waals surface area contributed by atoms with Gasteiger partial charge in [-0.25, -0.2) is 4.79 Å². The molecule has 0 fully saturated rings. The molecule has 1 amide bonds. The van der Waals surface area contributed by atoms with E-state index in [2.05, 4.69) is 9.47 Å². The van der Waals surface area contributed by atoms with Crippen molar-refractivity contribution in [2.75, 3.05) is 25.6 Å². The Morgan fingerprint density at radius 1 is 1.02 bits per heavy atom. The zero-order valence-electron chi connectivity index (χ0n) is 22.9. The van der Waals surface area contributed by atoms with Gasteiger partial charge < -0.3 is 19.1 Å². The second kappa shape index (κ2) is 11.6. The van der Waals surface area contributed by atoms with E-state index in [-0.39, 0.29) is 16.9 Å². The van der Waals surface area contributed by atoms with Crippen LogP contribution in [0.15, 0.2) is 64.4 Å². The molecular weight excluding hydrogens is 620 g/mol. The molecule has 1 aromatic heterocycles. The molecule has 2 aliphatic rings. The van der Waals surface area contributed by atoms with E-state index in [4.69, 9.17) is 4.74 Å². The Kier molecular flexibility index (Phi) is 8.22. The average molecular weight is 644 g/mol. The lowest BCUT2D eigenvalue weighted by atomic mass is 9.91. The lowest BCUT2D eigenvalue weighted by Crippen LogP contribution is -2.60. The Bertz CT molecular complexity index is 1660. The van der Waals surface area contributed by atoms with Crippen molar-refractivity contribution < 1.29 is 50.1 Å². The second-order valence-corrected chi connectivity index (χ2v) is 10.8. The number of rotatable bonds is 5. The van der Waals surface area contributed by atoms with Crippen LogP contribution in [0.2, 0.25) is 0 Å². The molecule has 0 bridgehead atoms. The van der Waals surface area contributed by atoms with Crippen molar-refractivity contribution in [2.24, 2.45) is 0 Å². The fourth-order valence-electron chi connectivity index (χ4n) is 5.12. The van der Waals surface area contributed by atoms with E-state index < -0.39 is 72.4 Å². The molecule has 2 atom stereocenters. The van der Waals surface area contributed by atoms with Gasteiger partial charge in [-0.2, -0.15) is 26.3 Å². The number of nitrogens with zero attached hydrogens (tertiary/aromatic N) is 3. The summed E-state index contributed by atoms with van der Waals surface area (Å²) in [6.07, 6.45) is -9.70. The smallest absolute Gasteiger partial charge is 0.451 e. The Morgan fingerprint density at radius 2 is 1.73 bits per heavy atom. The topological polar surface area (TPSA) is 90.3 Å². The molecule has 2 aliphatic heterocycles. The van der Waals surface area contributed by atoms with Gasteiger partial charge in [-0.3, -0.25) is 19.3 Å². The van der Waals surface area contributed by atoms with E-state index in [1.807, 2.05) is 0 Å². The van der Waals surface area contributed by atoms with E-state index in [9.17, 15) is 40.7 Å². The molecule has 0 N–H and O–H groups in total. The van der Waals surface area contributed by atoms with Crippen LogP contribution in [0.5, 0.6) is 5.75 Å². The first kappa shape index (κ1) is 31.1. The molecule has 3 aromatic rings. The highest BCUT2D eigenvalue weighted by atomic mass is 32.2. The SMILES string of the molecule is COC(=O)OCOc1c2n(ccc1=O)N([C@@H]1c3ccccc3SCc3c1cccc3C(F)(F)F)CN([C@H](C)C(F)(F)F)C2=O. The van der Waals surface area contributed by atoms with Gasteiger partial charge in [-0.1, -0.05) is 30.3 Å². The van der Waals surface area contributed by atoms with Gasteiger partial charge in [-0.15, -0.1) is 11.8 Å². The van der Waals surface area contributed by atoms with E-state index in [1.165, 1.54) is 17.1 Å². The number of aromatic nitrogens is 1. The third-order valence-corrected chi connectivity index (χ3v) is 8.37. The van der Waals surface area contributed by atoms with Gasteiger partial charge >= 0.3 is 18.5 Å². The van der Waals surface area contributed by atoms with Crippen LogP contribution in [0, 0.1) is 0 Å². The molecule has 0 aliphatic carbocycles. The Labute approximate surface area is 249 Å². The summed E-state index contributed by atoms with van der Waals surface area (Å²) in [7, 11) is 1.00. The molecule has 0 radical (unpaired) electrons. The van der Waals surface area contributed by atoms with Crippen molar-refractivity contribution in [2.45, 2.75) is 42.0 Å². The molecule has 2 aromatic carbocycles. The maximum atomic E-state index is 14.2. The fourth-order valence-corrected chi connectivity index (χ4v) is 6.27. The van der Waals surface area contributed by atoms with Crippen molar-refractivity contribution in [1.29, 1.82) is 0 Å². The molecule has 9 nitrogen and oxygen atoms in total. The van der Waals surface area contributed by atoms with Gasteiger partial charge in [0, 0.05) is 22.9 Å². The van der Waals surface area contributed by atoms with Gasteiger partial charge in [-0.05, 0) is 35.7 Å². The largest absolute Gasteiger partial charge is 0.510 e. The van der Waals surface area contributed by atoms with Crippen molar-refractivity contribution in [3.05, 3.63) is 92.9 Å². The maximum absolute atomic E-state index is 14.2. The second-order valence-electron chi connectivity index (χ2n) is 9.74. The summed E-state index contributed by atoms with van der Waals surface area (Å²) in [5.74, 6) is -2.06. The highest BCUT2D eigenvalue weighted by Crippen LogP contribution is 2.46. The minimum Gasteiger partial charge on any atom is -0.451 e. The van der Waals surface area contributed by atoms with Crippen LogP contribution in [0.4, 0.5) is 31.1 Å². The number of ether oxygens (including phenoxy) is 3. The van der Waals surface area contributed by atoms with E-state index >= 15 is 0 Å². The first-order chi connectivity index (χ1) is 20.7. The summed E-state index contributed by atoms with van der Waals surface area (Å²) in [6.45, 7) is -0.908. The van der Waals surface area contributed by atoms with Crippen molar-refractivity contribution in [1.82, 2.24) is 9.58 Å². The maximum Gasteiger partial charge on any atom is 0.510 e. The number of alkyl halides is 6. The number of hydrogen-bond donors (Lipinski definition) is 0. The quantitative estimate of drug-likeness (QED) is 0.199. The molecule has 0 spiro atoms. The number of pyridine rings is 1. The van der Waals surface area contributed by atoms with Crippen LogP contribution >= 0.6 is 11.8 Å². The van der Waals surface area contributed by atoms with Crippen molar-refractivity contribution in [3.8, 4) is 5.75 Å². The van der Waals surface area contributed by atoms with Crippen molar-refractivity contribution in [3.63, 3.8) is 0 Å². The van der Waals surface area contributed by atoms with E-state index in [0.717, 1.165) is 48.8 Å². The van der Waals surface area contributed by atoms with Gasteiger partial charge in [0.1, 0.15) is 12.7 Å². The number of thioether (sulfide) groups is 1. The van der Waals surface area contributed by atoms with Crippen LogP contribution in [-0.2, 0) is 21.4 Å². The Balaban J connectivity index is 1.76. The predicted octanol–water partition coefficient (Wildman–Crippen LogP) is 5.68. The van der Waals surface area contributed by atoms with Crippen LogP contribution < -0.4 is 15.2 Å². The summed E-state index contributed by atoms with van der Waals surface area (Å²) in [5, 5.41) is 1.27. The lowest BCUT2D eigenvalue weighted by Gasteiger charge is -2.46. The number of carbonyl (C=O) groups excluding carboxylic acids is 2. The third kappa shape index (κ3) is 5.65. The Hall–Kier alpha value is -4.34. The summed E-state index contributed by atoms with van der Waals surface area (Å²) < 4.78 is 100. The molecule has 3 heterocycles.